The lowest BCUT2D eigenvalue weighted by Crippen LogP contribution is -2.31. The summed E-state index contributed by atoms with van der Waals surface area (Å²) in [4.78, 5) is 13.1. The van der Waals surface area contributed by atoms with Crippen molar-refractivity contribution in [2.24, 2.45) is 5.73 Å². The van der Waals surface area contributed by atoms with Crippen molar-refractivity contribution in [2.45, 2.75) is 13.3 Å². The van der Waals surface area contributed by atoms with Crippen molar-refractivity contribution >= 4 is 29.0 Å². The van der Waals surface area contributed by atoms with Gasteiger partial charge in [0.1, 0.15) is 0 Å². The average molecular weight is 275 g/mol. The predicted molar refractivity (Wildman–Crippen MR) is 79.0 cm³/mol. The Bertz CT molecular complexity index is 581. The summed E-state index contributed by atoms with van der Waals surface area (Å²) in [5.74, 6) is 0. The van der Waals surface area contributed by atoms with Crippen molar-refractivity contribution in [3.05, 3.63) is 59.1 Å². The Morgan fingerprint density at radius 1 is 1.16 bits per heavy atom. The van der Waals surface area contributed by atoms with Gasteiger partial charge >= 0.3 is 6.03 Å². The molecule has 2 aromatic carbocycles. The second-order valence-electron chi connectivity index (χ2n) is 4.17. The van der Waals surface area contributed by atoms with E-state index in [0.717, 1.165) is 12.1 Å². The summed E-state index contributed by atoms with van der Waals surface area (Å²) in [6.07, 6.45) is 0.952. The maximum atomic E-state index is 11.7. The Hall–Kier alpha value is -2.00. The highest BCUT2D eigenvalue weighted by Crippen LogP contribution is 2.27. The molecule has 98 valence electrons. The first-order chi connectivity index (χ1) is 9.11. The van der Waals surface area contributed by atoms with Crippen LogP contribution in [0.15, 0.2) is 48.5 Å². The Balaban J connectivity index is 2.42. The molecule has 0 heterocycles. The van der Waals surface area contributed by atoms with Crippen molar-refractivity contribution < 1.29 is 4.79 Å². The molecule has 0 unspecified atom stereocenters. The molecular formula is C15H15ClN2O. The van der Waals surface area contributed by atoms with E-state index in [0.29, 0.717) is 10.7 Å². The zero-order valence-electron chi connectivity index (χ0n) is 10.6. The molecule has 2 rings (SSSR count). The number of rotatable bonds is 3. The molecule has 2 amide bonds. The summed E-state index contributed by atoms with van der Waals surface area (Å²) in [6, 6.07) is 14.2. The summed E-state index contributed by atoms with van der Waals surface area (Å²) in [5, 5.41) is 0.564. The molecule has 0 saturated carbocycles. The van der Waals surface area contributed by atoms with Crippen molar-refractivity contribution in [2.75, 3.05) is 4.90 Å². The molecule has 0 fully saturated rings. The van der Waals surface area contributed by atoms with E-state index in [1.807, 2.05) is 24.3 Å². The second-order valence-corrected chi connectivity index (χ2v) is 4.61. The van der Waals surface area contributed by atoms with E-state index in [-0.39, 0.29) is 0 Å². The number of primary amides is 1. The van der Waals surface area contributed by atoms with E-state index in [4.69, 9.17) is 17.3 Å². The smallest absolute Gasteiger partial charge is 0.323 e. The van der Waals surface area contributed by atoms with Gasteiger partial charge in [0, 0.05) is 5.02 Å². The van der Waals surface area contributed by atoms with E-state index in [2.05, 4.69) is 6.92 Å². The highest BCUT2D eigenvalue weighted by atomic mass is 35.5. The quantitative estimate of drug-likeness (QED) is 0.899. The lowest BCUT2D eigenvalue weighted by atomic mass is 10.1. The molecule has 2 N–H and O–H groups in total. The number of aryl methyl sites for hydroxylation is 1. The standard InChI is InChI=1S/C15H15ClN2O/c1-2-11-6-8-13(9-7-11)18(15(17)19)14-5-3-4-12(16)10-14/h3-10H,2H2,1H3,(H2,17,19). The molecule has 4 heteroatoms. The number of nitrogens with two attached hydrogens (primary N) is 1. The number of carbonyl (C=O) groups excluding carboxylic acids is 1. The number of hydrogen-bond donors (Lipinski definition) is 1. The topological polar surface area (TPSA) is 46.3 Å². The average Bonchev–Trinajstić information content (AvgIpc) is 2.39. The Morgan fingerprint density at radius 2 is 1.84 bits per heavy atom. The lowest BCUT2D eigenvalue weighted by Gasteiger charge is -2.21. The van der Waals surface area contributed by atoms with Crippen LogP contribution in [-0.2, 0) is 6.42 Å². The van der Waals surface area contributed by atoms with Gasteiger partial charge in [-0.25, -0.2) is 4.79 Å². The van der Waals surface area contributed by atoms with Crippen LogP contribution >= 0.6 is 11.6 Å². The van der Waals surface area contributed by atoms with Crippen LogP contribution < -0.4 is 10.6 Å². The number of urea groups is 1. The molecule has 0 atom stereocenters. The van der Waals surface area contributed by atoms with E-state index < -0.39 is 6.03 Å². The van der Waals surface area contributed by atoms with Crippen LogP contribution in [0, 0.1) is 0 Å². The molecule has 0 radical (unpaired) electrons. The molecule has 0 spiro atoms. The molecule has 0 aromatic heterocycles. The van der Waals surface area contributed by atoms with Crippen LogP contribution in [-0.4, -0.2) is 6.03 Å². The number of amides is 2. The second kappa shape index (κ2) is 5.76. The number of hydrogen-bond acceptors (Lipinski definition) is 1. The minimum atomic E-state index is -0.536. The Labute approximate surface area is 117 Å². The maximum absolute atomic E-state index is 11.7. The van der Waals surface area contributed by atoms with E-state index in [1.165, 1.54) is 10.5 Å². The van der Waals surface area contributed by atoms with Crippen LogP contribution in [0.1, 0.15) is 12.5 Å². The maximum Gasteiger partial charge on any atom is 0.323 e. The summed E-state index contributed by atoms with van der Waals surface area (Å²) >= 11 is 5.95. The molecule has 0 aliphatic rings. The highest BCUT2D eigenvalue weighted by Gasteiger charge is 2.14. The lowest BCUT2D eigenvalue weighted by molar-refractivity contribution is 0.256. The van der Waals surface area contributed by atoms with Gasteiger partial charge in [-0.1, -0.05) is 36.7 Å². The molecule has 2 aromatic rings. The third-order valence-corrected chi connectivity index (χ3v) is 3.12. The highest BCUT2D eigenvalue weighted by molar-refractivity contribution is 6.31. The molecule has 0 aliphatic heterocycles. The first-order valence-electron chi connectivity index (χ1n) is 6.06. The summed E-state index contributed by atoms with van der Waals surface area (Å²) in [7, 11) is 0. The summed E-state index contributed by atoms with van der Waals surface area (Å²) in [5.41, 5.74) is 8.06. The SMILES string of the molecule is CCc1ccc(N(C(N)=O)c2cccc(Cl)c2)cc1. The van der Waals surface area contributed by atoms with Gasteiger partial charge in [0.05, 0.1) is 11.4 Å². The minimum Gasteiger partial charge on any atom is -0.351 e. The monoisotopic (exact) mass is 274 g/mol. The van der Waals surface area contributed by atoms with Gasteiger partial charge in [-0.3, -0.25) is 4.90 Å². The van der Waals surface area contributed by atoms with Crippen molar-refractivity contribution in [1.29, 1.82) is 0 Å². The Morgan fingerprint density at radius 3 is 2.37 bits per heavy atom. The fraction of sp³-hybridized carbons (Fsp3) is 0.133. The normalized spacial score (nSPS) is 10.2. The van der Waals surface area contributed by atoms with Crippen molar-refractivity contribution in [3.63, 3.8) is 0 Å². The van der Waals surface area contributed by atoms with Gasteiger partial charge in [0.15, 0.2) is 0 Å². The van der Waals surface area contributed by atoms with Gasteiger partial charge < -0.3 is 5.73 Å². The molecule has 3 nitrogen and oxygen atoms in total. The molecule has 0 saturated heterocycles. The van der Waals surface area contributed by atoms with Crippen LogP contribution in [0.4, 0.5) is 16.2 Å². The van der Waals surface area contributed by atoms with Crippen molar-refractivity contribution in [1.82, 2.24) is 0 Å². The van der Waals surface area contributed by atoms with Crippen LogP contribution in [0.5, 0.6) is 0 Å². The van der Waals surface area contributed by atoms with Gasteiger partial charge in [-0.05, 0) is 42.3 Å². The zero-order chi connectivity index (χ0) is 13.8. The third-order valence-electron chi connectivity index (χ3n) is 2.89. The molecular weight excluding hydrogens is 260 g/mol. The van der Waals surface area contributed by atoms with Gasteiger partial charge in [0.2, 0.25) is 0 Å². The number of benzene rings is 2. The third kappa shape index (κ3) is 3.06. The minimum absolute atomic E-state index is 0.536. The summed E-state index contributed by atoms with van der Waals surface area (Å²) in [6.45, 7) is 2.08. The number of anilines is 2. The largest absolute Gasteiger partial charge is 0.351 e. The van der Waals surface area contributed by atoms with Gasteiger partial charge in [-0.2, -0.15) is 0 Å². The molecule has 0 bridgehead atoms. The van der Waals surface area contributed by atoms with Gasteiger partial charge in [-0.15, -0.1) is 0 Å². The van der Waals surface area contributed by atoms with Crippen LogP contribution in [0.25, 0.3) is 0 Å². The molecule has 0 aliphatic carbocycles. The first-order valence-corrected chi connectivity index (χ1v) is 6.43. The summed E-state index contributed by atoms with van der Waals surface area (Å²) < 4.78 is 0. The zero-order valence-corrected chi connectivity index (χ0v) is 11.4. The number of carbonyl (C=O) groups is 1. The fourth-order valence-corrected chi connectivity index (χ4v) is 2.08. The predicted octanol–water partition coefficient (Wildman–Crippen LogP) is 4.12. The van der Waals surface area contributed by atoms with E-state index >= 15 is 0 Å². The number of halogens is 1. The van der Waals surface area contributed by atoms with Crippen molar-refractivity contribution in [3.8, 4) is 0 Å². The van der Waals surface area contributed by atoms with Crippen LogP contribution in [0.2, 0.25) is 5.02 Å². The van der Waals surface area contributed by atoms with Gasteiger partial charge in [0.25, 0.3) is 0 Å². The number of nitrogens with zero attached hydrogens (tertiary/aromatic N) is 1. The van der Waals surface area contributed by atoms with E-state index in [9.17, 15) is 4.79 Å². The fourth-order valence-electron chi connectivity index (χ4n) is 1.90. The first kappa shape index (κ1) is 13.4. The Kier molecular flexibility index (Phi) is 4.07. The van der Waals surface area contributed by atoms with Crippen LogP contribution in [0.3, 0.4) is 0 Å². The van der Waals surface area contributed by atoms with E-state index in [1.54, 1.807) is 24.3 Å². The molecule has 19 heavy (non-hydrogen) atoms.